The zero-order valence-corrected chi connectivity index (χ0v) is 15.4. The quantitative estimate of drug-likeness (QED) is 0.467. The molecule has 0 aliphatic heterocycles. The average Bonchev–Trinajstić information content (AvgIpc) is 2.60. The number of esters is 1. The lowest BCUT2D eigenvalue weighted by Crippen LogP contribution is -2.22. The van der Waals surface area contributed by atoms with E-state index in [4.69, 9.17) is 21.1 Å². The van der Waals surface area contributed by atoms with Gasteiger partial charge >= 0.3 is 5.97 Å². The number of halogens is 1. The van der Waals surface area contributed by atoms with E-state index in [2.05, 4.69) is 15.3 Å². The first-order valence-electron chi connectivity index (χ1n) is 7.12. The molecule has 1 amide bonds. The number of anilines is 1. The van der Waals surface area contributed by atoms with Crippen molar-refractivity contribution in [1.29, 1.82) is 0 Å². The Morgan fingerprint density at radius 1 is 1.36 bits per heavy atom. The highest BCUT2D eigenvalue weighted by molar-refractivity contribution is 7.98. The van der Waals surface area contributed by atoms with Crippen molar-refractivity contribution in [3.8, 4) is 5.75 Å². The Hall–Kier alpha value is -2.32. The third kappa shape index (κ3) is 5.07. The molecule has 9 heteroatoms. The second-order valence-corrected chi connectivity index (χ2v) is 6.06. The largest absolute Gasteiger partial charge is 0.495 e. The molecule has 0 fully saturated rings. The van der Waals surface area contributed by atoms with Gasteiger partial charge in [0.2, 0.25) is 0 Å². The Balaban J connectivity index is 2.00. The number of benzene rings is 1. The first-order valence-corrected chi connectivity index (χ1v) is 8.73. The molecular formula is C16H16ClN3O4S. The maximum Gasteiger partial charge on any atom is 0.359 e. The third-order valence-electron chi connectivity index (χ3n) is 3.06. The number of carbonyl (C=O) groups excluding carboxylic acids is 2. The van der Waals surface area contributed by atoms with Gasteiger partial charge in [-0.25, -0.2) is 14.8 Å². The molecule has 1 aromatic carbocycles. The van der Waals surface area contributed by atoms with Crippen LogP contribution in [0.2, 0.25) is 5.02 Å². The smallest absolute Gasteiger partial charge is 0.359 e. The summed E-state index contributed by atoms with van der Waals surface area (Å²) in [6, 6.07) is 5.35. The van der Waals surface area contributed by atoms with Crippen molar-refractivity contribution in [1.82, 2.24) is 9.97 Å². The minimum absolute atomic E-state index is 0.0589. The molecule has 0 bridgehead atoms. The minimum Gasteiger partial charge on any atom is -0.495 e. The van der Waals surface area contributed by atoms with E-state index in [1.807, 2.05) is 13.0 Å². The topological polar surface area (TPSA) is 90.4 Å². The molecule has 0 aliphatic rings. The van der Waals surface area contributed by atoms with Crippen molar-refractivity contribution < 1.29 is 19.1 Å². The molecule has 0 atom stereocenters. The van der Waals surface area contributed by atoms with Crippen LogP contribution in [0.25, 0.3) is 0 Å². The Kier molecular flexibility index (Phi) is 6.60. The molecule has 0 saturated carbocycles. The summed E-state index contributed by atoms with van der Waals surface area (Å²) in [5.41, 5.74) is 1.36. The lowest BCUT2D eigenvalue weighted by molar-refractivity contribution is -0.119. The second kappa shape index (κ2) is 8.68. The van der Waals surface area contributed by atoms with Crippen molar-refractivity contribution in [3.05, 3.63) is 40.7 Å². The van der Waals surface area contributed by atoms with E-state index in [-0.39, 0.29) is 10.7 Å². The summed E-state index contributed by atoms with van der Waals surface area (Å²) in [7, 11) is 1.50. The molecule has 1 N–H and O–H groups in total. The molecule has 0 saturated heterocycles. The Morgan fingerprint density at radius 3 is 2.80 bits per heavy atom. The molecular weight excluding hydrogens is 366 g/mol. The van der Waals surface area contributed by atoms with Crippen LogP contribution in [0.1, 0.15) is 16.1 Å². The van der Waals surface area contributed by atoms with Crippen molar-refractivity contribution in [3.63, 3.8) is 0 Å². The lowest BCUT2D eigenvalue weighted by atomic mass is 10.2. The van der Waals surface area contributed by atoms with Crippen LogP contribution >= 0.6 is 23.4 Å². The molecule has 0 unspecified atom stereocenters. The van der Waals surface area contributed by atoms with Crippen LogP contribution in [0.4, 0.5) is 5.69 Å². The zero-order chi connectivity index (χ0) is 18.4. The number of nitrogens with zero attached hydrogens (tertiary/aromatic N) is 2. The number of aromatic nitrogens is 2. The van der Waals surface area contributed by atoms with E-state index in [0.717, 1.165) is 5.56 Å². The van der Waals surface area contributed by atoms with Gasteiger partial charge in [-0.3, -0.25) is 4.79 Å². The summed E-state index contributed by atoms with van der Waals surface area (Å²) in [4.78, 5) is 32.0. The average molecular weight is 382 g/mol. The lowest BCUT2D eigenvalue weighted by Gasteiger charge is -2.11. The first-order chi connectivity index (χ1) is 11.9. The standard InChI is InChI=1S/C16H16ClN3O4S/c1-9-4-5-12(23-2)11(6-9)19-13(21)8-24-15(22)14-10(17)7-18-16(20-14)25-3/h4-7H,8H2,1-3H3,(H,19,21). The van der Waals surface area contributed by atoms with Crippen molar-refractivity contribution in [2.24, 2.45) is 0 Å². The highest BCUT2D eigenvalue weighted by Crippen LogP contribution is 2.25. The van der Waals surface area contributed by atoms with E-state index >= 15 is 0 Å². The Bertz CT molecular complexity index is 801. The van der Waals surface area contributed by atoms with Crippen LogP contribution in [-0.4, -0.2) is 41.8 Å². The minimum atomic E-state index is -0.797. The fourth-order valence-corrected chi connectivity index (χ4v) is 2.41. The van der Waals surface area contributed by atoms with E-state index in [9.17, 15) is 9.59 Å². The highest BCUT2D eigenvalue weighted by atomic mass is 35.5. The summed E-state index contributed by atoms with van der Waals surface area (Å²) in [5, 5.41) is 3.07. The molecule has 0 aliphatic carbocycles. The number of aryl methyl sites for hydroxylation is 1. The number of carbonyl (C=O) groups is 2. The molecule has 0 spiro atoms. The molecule has 7 nitrogen and oxygen atoms in total. The van der Waals surface area contributed by atoms with Crippen molar-refractivity contribution in [2.75, 3.05) is 25.3 Å². The van der Waals surface area contributed by atoms with Crippen LogP contribution in [0.3, 0.4) is 0 Å². The summed E-state index contributed by atoms with van der Waals surface area (Å²) < 4.78 is 10.1. The first kappa shape index (κ1) is 19.0. The SMILES string of the molecule is COc1ccc(C)cc1NC(=O)COC(=O)c1nc(SC)ncc1Cl. The van der Waals surface area contributed by atoms with Gasteiger partial charge in [0.25, 0.3) is 5.91 Å². The third-order valence-corrected chi connectivity index (χ3v) is 3.90. The fraction of sp³-hybridized carbons (Fsp3) is 0.250. The van der Waals surface area contributed by atoms with Crippen LogP contribution < -0.4 is 10.1 Å². The number of hydrogen-bond donors (Lipinski definition) is 1. The second-order valence-electron chi connectivity index (χ2n) is 4.88. The number of nitrogens with one attached hydrogen (secondary N) is 1. The maximum absolute atomic E-state index is 12.1. The highest BCUT2D eigenvalue weighted by Gasteiger charge is 2.17. The van der Waals surface area contributed by atoms with Gasteiger partial charge in [-0.1, -0.05) is 29.4 Å². The van der Waals surface area contributed by atoms with Gasteiger partial charge in [-0.2, -0.15) is 0 Å². The summed E-state index contributed by atoms with van der Waals surface area (Å²) >= 11 is 7.16. The normalized spacial score (nSPS) is 10.2. The number of amides is 1. The van der Waals surface area contributed by atoms with Crippen LogP contribution in [-0.2, 0) is 9.53 Å². The van der Waals surface area contributed by atoms with Gasteiger partial charge in [0.15, 0.2) is 17.5 Å². The molecule has 2 aromatic rings. The van der Waals surface area contributed by atoms with Gasteiger partial charge in [0.1, 0.15) is 5.75 Å². The maximum atomic E-state index is 12.1. The number of rotatable bonds is 6. The van der Waals surface area contributed by atoms with E-state index in [0.29, 0.717) is 16.6 Å². The molecule has 0 radical (unpaired) electrons. The number of ether oxygens (including phenoxy) is 2. The molecule has 132 valence electrons. The molecule has 1 heterocycles. The van der Waals surface area contributed by atoms with Gasteiger partial charge in [-0.05, 0) is 30.9 Å². The van der Waals surface area contributed by atoms with Gasteiger partial charge in [0.05, 0.1) is 24.0 Å². The predicted molar refractivity (Wildman–Crippen MR) is 95.5 cm³/mol. The fourth-order valence-electron chi connectivity index (χ4n) is 1.90. The number of hydrogen-bond acceptors (Lipinski definition) is 7. The van der Waals surface area contributed by atoms with E-state index < -0.39 is 18.5 Å². The molecule has 25 heavy (non-hydrogen) atoms. The summed E-state index contributed by atoms with van der Waals surface area (Å²) in [6.07, 6.45) is 3.08. The van der Waals surface area contributed by atoms with Gasteiger partial charge < -0.3 is 14.8 Å². The zero-order valence-electron chi connectivity index (χ0n) is 13.8. The monoisotopic (exact) mass is 381 g/mol. The Morgan fingerprint density at radius 2 is 2.12 bits per heavy atom. The van der Waals surface area contributed by atoms with Crippen LogP contribution in [0.5, 0.6) is 5.75 Å². The summed E-state index contributed by atoms with van der Waals surface area (Å²) in [5.74, 6) is -0.796. The predicted octanol–water partition coefficient (Wildman–Crippen LogP) is 2.96. The van der Waals surface area contributed by atoms with E-state index in [1.165, 1.54) is 25.1 Å². The Labute approximate surface area is 154 Å². The van der Waals surface area contributed by atoms with Gasteiger partial charge in [0, 0.05) is 0 Å². The molecule has 2 rings (SSSR count). The van der Waals surface area contributed by atoms with E-state index in [1.54, 1.807) is 18.4 Å². The number of methoxy groups -OCH3 is 1. The van der Waals surface area contributed by atoms with Crippen LogP contribution in [0, 0.1) is 6.92 Å². The molecule has 1 aromatic heterocycles. The van der Waals surface area contributed by atoms with Crippen molar-refractivity contribution in [2.45, 2.75) is 12.1 Å². The van der Waals surface area contributed by atoms with Gasteiger partial charge in [-0.15, -0.1) is 0 Å². The van der Waals surface area contributed by atoms with Crippen LogP contribution in [0.15, 0.2) is 29.6 Å². The van der Waals surface area contributed by atoms with Crippen molar-refractivity contribution >= 4 is 40.9 Å². The number of thioether (sulfide) groups is 1. The summed E-state index contributed by atoms with van der Waals surface area (Å²) in [6.45, 7) is 1.40.